The molecule has 1 aromatic heterocycles. The summed E-state index contributed by atoms with van der Waals surface area (Å²) in [6, 6.07) is 1.30. The normalized spacial score (nSPS) is 12.4. The van der Waals surface area contributed by atoms with Crippen LogP contribution in [-0.2, 0) is 17.1 Å². The molecule has 0 spiro atoms. The minimum absolute atomic E-state index is 0.0553. The average Bonchev–Trinajstić information content (AvgIpc) is 2.78. The topological polar surface area (TPSA) is 94.2 Å². The van der Waals surface area contributed by atoms with Crippen LogP contribution in [0.5, 0.6) is 0 Å². The zero-order valence-corrected chi connectivity index (χ0v) is 13.3. The van der Waals surface area contributed by atoms with E-state index in [1.54, 1.807) is 7.05 Å². The Balaban J connectivity index is 3.08. The quantitative estimate of drug-likeness (QED) is 0.831. The molecule has 20 heavy (non-hydrogen) atoms. The Morgan fingerprint density at radius 1 is 1.30 bits per heavy atom. The maximum Gasteiger partial charge on any atom is 0.268 e. The van der Waals surface area contributed by atoms with E-state index in [1.165, 1.54) is 16.8 Å². The van der Waals surface area contributed by atoms with Gasteiger partial charge in [-0.25, -0.2) is 13.6 Å². The number of carbonyl (C=O) groups is 1. The van der Waals surface area contributed by atoms with Gasteiger partial charge in [-0.3, -0.25) is 4.79 Å². The lowest BCUT2D eigenvalue weighted by molar-refractivity contribution is 0.0879. The van der Waals surface area contributed by atoms with Crippen LogP contribution in [0.1, 0.15) is 50.5 Å². The van der Waals surface area contributed by atoms with Crippen LogP contribution in [0.25, 0.3) is 0 Å². The van der Waals surface area contributed by atoms with Gasteiger partial charge in [0.1, 0.15) is 10.6 Å². The second kappa shape index (κ2) is 5.97. The first-order valence-corrected chi connectivity index (χ1v) is 8.25. The van der Waals surface area contributed by atoms with Crippen LogP contribution < -0.4 is 10.5 Å². The van der Waals surface area contributed by atoms with Crippen LogP contribution in [0, 0.1) is 0 Å². The molecule has 114 valence electrons. The van der Waals surface area contributed by atoms with E-state index in [-0.39, 0.29) is 22.0 Å². The molecule has 0 atom stereocenters. The molecular weight excluding hydrogens is 278 g/mol. The van der Waals surface area contributed by atoms with Crippen LogP contribution in [0.15, 0.2) is 17.2 Å². The molecule has 0 saturated carbocycles. The smallest absolute Gasteiger partial charge is 0.268 e. The molecule has 0 radical (unpaired) electrons. The molecular formula is C13H23N3O3S. The van der Waals surface area contributed by atoms with Crippen molar-refractivity contribution in [2.24, 2.45) is 12.2 Å². The minimum atomic E-state index is -3.80. The molecule has 0 unspecified atom stereocenters. The number of sulfonamides is 1. The van der Waals surface area contributed by atoms with E-state index in [9.17, 15) is 13.2 Å². The van der Waals surface area contributed by atoms with Gasteiger partial charge >= 0.3 is 0 Å². The zero-order valence-electron chi connectivity index (χ0n) is 12.4. The van der Waals surface area contributed by atoms with E-state index in [0.29, 0.717) is 0 Å². The van der Waals surface area contributed by atoms with Crippen LogP contribution >= 0.6 is 0 Å². The van der Waals surface area contributed by atoms with Gasteiger partial charge in [0.25, 0.3) is 5.91 Å². The van der Waals surface area contributed by atoms with E-state index >= 15 is 0 Å². The number of carbonyl (C=O) groups excluding carboxylic acids is 1. The number of rotatable bonds is 6. The van der Waals surface area contributed by atoms with Crippen molar-refractivity contribution in [1.82, 2.24) is 9.88 Å². The van der Waals surface area contributed by atoms with Gasteiger partial charge in [-0.05, 0) is 25.3 Å². The van der Waals surface area contributed by atoms with Gasteiger partial charge in [0.2, 0.25) is 10.0 Å². The van der Waals surface area contributed by atoms with Gasteiger partial charge in [0.15, 0.2) is 0 Å². The van der Waals surface area contributed by atoms with Gasteiger partial charge in [0, 0.05) is 18.8 Å². The lowest BCUT2D eigenvalue weighted by atomic mass is 9.89. The van der Waals surface area contributed by atoms with Gasteiger partial charge < -0.3 is 9.88 Å². The summed E-state index contributed by atoms with van der Waals surface area (Å²) in [5.74, 6) is -0.284. The van der Waals surface area contributed by atoms with Crippen molar-refractivity contribution in [3.63, 3.8) is 0 Å². The molecule has 0 aliphatic heterocycles. The van der Waals surface area contributed by atoms with Crippen molar-refractivity contribution in [2.45, 2.75) is 50.5 Å². The van der Waals surface area contributed by atoms with E-state index < -0.39 is 10.0 Å². The lowest BCUT2D eigenvalue weighted by Crippen LogP contribution is -2.47. The fourth-order valence-corrected chi connectivity index (χ4v) is 2.82. The summed E-state index contributed by atoms with van der Waals surface area (Å²) >= 11 is 0. The third-order valence-corrected chi connectivity index (χ3v) is 4.83. The number of amides is 1. The maximum absolute atomic E-state index is 12.3. The summed E-state index contributed by atoms with van der Waals surface area (Å²) in [5, 5.41) is 8.08. The fraction of sp³-hybridized carbons (Fsp3) is 0.615. The number of nitrogens with one attached hydrogen (secondary N) is 1. The van der Waals surface area contributed by atoms with Crippen molar-refractivity contribution >= 4 is 15.9 Å². The molecule has 1 rings (SSSR count). The van der Waals surface area contributed by atoms with Crippen LogP contribution in [0.4, 0.5) is 0 Å². The van der Waals surface area contributed by atoms with Crippen molar-refractivity contribution < 1.29 is 13.2 Å². The standard InChI is InChI=1S/C13H23N3O3S/c1-5-13(6-2,7-3)15-12(17)11-8-10(9-16(11)4)20(14,18)19/h8-9H,5-7H2,1-4H3,(H,15,17)(H2,14,18,19). The number of hydrogen-bond donors (Lipinski definition) is 2. The van der Waals surface area contributed by atoms with Crippen molar-refractivity contribution in [2.75, 3.05) is 0 Å². The lowest BCUT2D eigenvalue weighted by Gasteiger charge is -2.31. The second-order valence-electron chi connectivity index (χ2n) is 5.01. The molecule has 1 aromatic rings. The van der Waals surface area contributed by atoms with E-state index in [0.717, 1.165) is 19.3 Å². The molecule has 1 amide bonds. The first kappa shape index (κ1) is 16.7. The van der Waals surface area contributed by atoms with Crippen molar-refractivity contribution in [3.05, 3.63) is 18.0 Å². The Kier molecular flexibility index (Phi) is 4.99. The predicted molar refractivity (Wildman–Crippen MR) is 77.9 cm³/mol. The third-order valence-electron chi connectivity index (χ3n) is 3.95. The summed E-state index contributed by atoms with van der Waals surface area (Å²) in [4.78, 5) is 12.3. The number of hydrogen-bond acceptors (Lipinski definition) is 3. The number of aromatic nitrogens is 1. The second-order valence-corrected chi connectivity index (χ2v) is 6.57. The van der Waals surface area contributed by atoms with E-state index in [2.05, 4.69) is 5.32 Å². The molecule has 0 bridgehead atoms. The van der Waals surface area contributed by atoms with Crippen LogP contribution in [0.3, 0.4) is 0 Å². The Hall–Kier alpha value is -1.34. The SMILES string of the molecule is CCC(CC)(CC)NC(=O)c1cc(S(N)(=O)=O)cn1C. The molecule has 3 N–H and O–H groups in total. The highest BCUT2D eigenvalue weighted by molar-refractivity contribution is 7.89. The molecule has 0 aromatic carbocycles. The predicted octanol–water partition coefficient (Wildman–Crippen LogP) is 1.37. The zero-order chi connectivity index (χ0) is 15.6. The van der Waals surface area contributed by atoms with E-state index in [1.807, 2.05) is 20.8 Å². The monoisotopic (exact) mass is 301 g/mol. The Bertz CT molecular complexity index is 578. The third kappa shape index (κ3) is 3.40. The Labute approximate surface area is 120 Å². The van der Waals surface area contributed by atoms with Crippen molar-refractivity contribution in [3.8, 4) is 0 Å². The maximum atomic E-state index is 12.3. The molecule has 1 heterocycles. The highest BCUT2D eigenvalue weighted by Gasteiger charge is 2.28. The van der Waals surface area contributed by atoms with Gasteiger partial charge in [-0.15, -0.1) is 0 Å². The molecule has 6 nitrogen and oxygen atoms in total. The number of aryl methyl sites for hydroxylation is 1. The van der Waals surface area contributed by atoms with Gasteiger partial charge in [-0.2, -0.15) is 0 Å². The van der Waals surface area contributed by atoms with Gasteiger partial charge in [0.05, 0.1) is 0 Å². The molecule has 0 fully saturated rings. The first-order chi connectivity index (χ1) is 9.19. The summed E-state index contributed by atoms with van der Waals surface area (Å²) in [6.07, 6.45) is 3.80. The summed E-state index contributed by atoms with van der Waals surface area (Å²) in [5.41, 5.74) is 0.0251. The molecule has 0 saturated heterocycles. The summed E-state index contributed by atoms with van der Waals surface area (Å²) in [6.45, 7) is 6.07. The summed E-state index contributed by atoms with van der Waals surface area (Å²) in [7, 11) is -2.18. The number of nitrogens with two attached hydrogens (primary N) is 1. The molecule has 0 aliphatic carbocycles. The molecule has 0 aliphatic rings. The summed E-state index contributed by atoms with van der Waals surface area (Å²) < 4.78 is 24.1. The highest BCUT2D eigenvalue weighted by atomic mass is 32.2. The fourth-order valence-electron chi connectivity index (χ4n) is 2.24. The van der Waals surface area contributed by atoms with Gasteiger partial charge in [-0.1, -0.05) is 20.8 Å². The number of nitrogens with zero attached hydrogens (tertiary/aromatic N) is 1. The van der Waals surface area contributed by atoms with Crippen LogP contribution in [0.2, 0.25) is 0 Å². The van der Waals surface area contributed by atoms with E-state index in [4.69, 9.17) is 5.14 Å². The Morgan fingerprint density at radius 2 is 1.80 bits per heavy atom. The van der Waals surface area contributed by atoms with Crippen LogP contribution in [-0.4, -0.2) is 24.4 Å². The Morgan fingerprint density at radius 3 is 2.15 bits per heavy atom. The van der Waals surface area contributed by atoms with Crippen molar-refractivity contribution in [1.29, 1.82) is 0 Å². The average molecular weight is 301 g/mol. The number of primary sulfonamides is 1. The highest BCUT2D eigenvalue weighted by Crippen LogP contribution is 2.21. The first-order valence-electron chi connectivity index (χ1n) is 6.70. The molecule has 7 heteroatoms. The minimum Gasteiger partial charge on any atom is -0.345 e. The largest absolute Gasteiger partial charge is 0.345 e.